The molecular weight excluding hydrogens is 230 g/mol. The molecule has 1 aliphatic heterocycles. The predicted molar refractivity (Wildman–Crippen MR) is 80.0 cm³/mol. The first-order chi connectivity index (χ1) is 9.43. The molecule has 2 aromatic rings. The molecule has 1 heteroatoms. The summed E-state index contributed by atoms with van der Waals surface area (Å²) in [6, 6.07) is 17.8. The van der Waals surface area contributed by atoms with E-state index in [0.29, 0.717) is 0 Å². The second-order valence-corrected chi connectivity index (χ2v) is 5.37. The largest absolute Gasteiger partial charge is 0.312 e. The van der Waals surface area contributed by atoms with Crippen LogP contribution in [0.4, 0.5) is 0 Å². The van der Waals surface area contributed by atoms with Crippen LogP contribution in [0.15, 0.2) is 48.5 Å². The lowest BCUT2D eigenvalue weighted by Crippen LogP contribution is -2.24. The van der Waals surface area contributed by atoms with Gasteiger partial charge < -0.3 is 5.32 Å². The van der Waals surface area contributed by atoms with Crippen molar-refractivity contribution in [2.45, 2.75) is 12.8 Å². The summed E-state index contributed by atoms with van der Waals surface area (Å²) in [6.45, 7) is 2.09. The van der Waals surface area contributed by atoms with Crippen molar-refractivity contribution in [2.24, 2.45) is 0 Å². The lowest BCUT2D eigenvalue weighted by molar-refractivity contribution is 0.749. The Morgan fingerprint density at radius 1 is 0.737 bits per heavy atom. The van der Waals surface area contributed by atoms with Crippen LogP contribution in [-0.2, 0) is 6.42 Å². The van der Waals surface area contributed by atoms with Crippen molar-refractivity contribution in [3.8, 4) is 0 Å². The van der Waals surface area contributed by atoms with Crippen molar-refractivity contribution in [3.63, 3.8) is 0 Å². The van der Waals surface area contributed by atoms with Crippen molar-refractivity contribution in [1.29, 1.82) is 0 Å². The highest BCUT2D eigenvalue weighted by molar-refractivity contribution is 5.95. The first kappa shape index (κ1) is 11.0. The maximum atomic E-state index is 3.53. The van der Waals surface area contributed by atoms with E-state index in [9.17, 15) is 0 Å². The zero-order chi connectivity index (χ0) is 12.7. The fourth-order valence-corrected chi connectivity index (χ4v) is 3.38. The molecule has 1 nitrogen and oxygen atoms in total. The standard InChI is InChI=1S/C18H17N/c1-3-7-15-13(5-1)11-14-6-2-4-8-16(14)18-12-19-10-9-17(15)18/h1-8,19H,9-12H2. The summed E-state index contributed by atoms with van der Waals surface area (Å²) < 4.78 is 0. The Hall–Kier alpha value is -1.86. The van der Waals surface area contributed by atoms with Gasteiger partial charge in [-0.3, -0.25) is 0 Å². The molecular formula is C18H17N. The zero-order valence-corrected chi connectivity index (χ0v) is 10.9. The van der Waals surface area contributed by atoms with Gasteiger partial charge in [0.25, 0.3) is 0 Å². The third-order valence-electron chi connectivity index (χ3n) is 4.28. The smallest absolute Gasteiger partial charge is 0.0214 e. The molecule has 0 amide bonds. The van der Waals surface area contributed by atoms with Crippen LogP contribution >= 0.6 is 0 Å². The Morgan fingerprint density at radius 2 is 1.37 bits per heavy atom. The monoisotopic (exact) mass is 247 g/mol. The third-order valence-corrected chi connectivity index (χ3v) is 4.28. The van der Waals surface area contributed by atoms with Crippen LogP contribution < -0.4 is 5.32 Å². The SMILES string of the molecule is c1ccc2c(c1)Cc1ccccc1C1=C2CCNC1. The summed E-state index contributed by atoms with van der Waals surface area (Å²) in [5.41, 5.74) is 8.91. The van der Waals surface area contributed by atoms with Crippen LogP contribution in [0.5, 0.6) is 0 Å². The summed E-state index contributed by atoms with van der Waals surface area (Å²) in [4.78, 5) is 0. The Morgan fingerprint density at radius 3 is 2.11 bits per heavy atom. The van der Waals surface area contributed by atoms with Gasteiger partial charge in [-0.05, 0) is 52.8 Å². The summed E-state index contributed by atoms with van der Waals surface area (Å²) in [7, 11) is 0. The van der Waals surface area contributed by atoms with Gasteiger partial charge >= 0.3 is 0 Å². The van der Waals surface area contributed by atoms with Gasteiger partial charge in [0.1, 0.15) is 0 Å². The minimum atomic E-state index is 1.00. The van der Waals surface area contributed by atoms with Crippen molar-refractivity contribution < 1.29 is 0 Å². The average Bonchev–Trinajstić information content (AvgIpc) is 2.62. The Balaban J connectivity index is 2.04. The quantitative estimate of drug-likeness (QED) is 0.751. The minimum Gasteiger partial charge on any atom is -0.312 e. The Labute approximate surface area is 114 Å². The highest BCUT2D eigenvalue weighted by Crippen LogP contribution is 2.38. The molecule has 2 aliphatic rings. The first-order valence-corrected chi connectivity index (χ1v) is 7.03. The van der Waals surface area contributed by atoms with E-state index in [1.54, 1.807) is 5.57 Å². The van der Waals surface area contributed by atoms with Gasteiger partial charge in [0, 0.05) is 6.54 Å². The zero-order valence-electron chi connectivity index (χ0n) is 10.9. The number of hydrogen-bond acceptors (Lipinski definition) is 1. The molecule has 0 radical (unpaired) electrons. The topological polar surface area (TPSA) is 12.0 Å². The maximum absolute atomic E-state index is 3.53. The van der Waals surface area contributed by atoms with Gasteiger partial charge in [-0.25, -0.2) is 0 Å². The molecule has 19 heavy (non-hydrogen) atoms. The van der Waals surface area contributed by atoms with Crippen molar-refractivity contribution in [3.05, 3.63) is 70.8 Å². The van der Waals surface area contributed by atoms with E-state index in [1.807, 2.05) is 0 Å². The second kappa shape index (κ2) is 4.36. The molecule has 1 heterocycles. The van der Waals surface area contributed by atoms with Crippen LogP contribution in [0, 0.1) is 0 Å². The van der Waals surface area contributed by atoms with E-state index in [4.69, 9.17) is 0 Å². The average molecular weight is 247 g/mol. The van der Waals surface area contributed by atoms with Gasteiger partial charge in [0.15, 0.2) is 0 Å². The molecule has 94 valence electrons. The Kier molecular flexibility index (Phi) is 2.52. The normalized spacial score (nSPS) is 17.3. The van der Waals surface area contributed by atoms with Gasteiger partial charge in [-0.15, -0.1) is 0 Å². The third kappa shape index (κ3) is 1.73. The van der Waals surface area contributed by atoms with Crippen molar-refractivity contribution in [1.82, 2.24) is 5.32 Å². The molecule has 0 unspecified atom stereocenters. The van der Waals surface area contributed by atoms with E-state index in [2.05, 4.69) is 53.8 Å². The highest BCUT2D eigenvalue weighted by Gasteiger charge is 2.22. The Bertz CT molecular complexity index is 609. The molecule has 0 saturated heterocycles. The van der Waals surface area contributed by atoms with E-state index < -0.39 is 0 Å². The van der Waals surface area contributed by atoms with Crippen LogP contribution in [0.25, 0.3) is 11.1 Å². The minimum absolute atomic E-state index is 1.00. The number of benzene rings is 2. The number of rotatable bonds is 0. The van der Waals surface area contributed by atoms with E-state index in [1.165, 1.54) is 27.8 Å². The number of fused-ring (bicyclic) bond motifs is 4. The van der Waals surface area contributed by atoms with Crippen LogP contribution in [0.1, 0.15) is 28.7 Å². The number of hydrogen-bond donors (Lipinski definition) is 1. The first-order valence-electron chi connectivity index (χ1n) is 7.03. The van der Waals surface area contributed by atoms with Gasteiger partial charge in [0.2, 0.25) is 0 Å². The van der Waals surface area contributed by atoms with Crippen LogP contribution in [0.2, 0.25) is 0 Å². The highest BCUT2D eigenvalue weighted by atomic mass is 14.9. The molecule has 0 bridgehead atoms. The van der Waals surface area contributed by atoms with Crippen molar-refractivity contribution >= 4 is 11.1 Å². The summed E-state index contributed by atoms with van der Waals surface area (Å²) in [6.07, 6.45) is 2.19. The molecule has 0 saturated carbocycles. The summed E-state index contributed by atoms with van der Waals surface area (Å²) in [5.74, 6) is 0. The molecule has 1 N–H and O–H groups in total. The van der Waals surface area contributed by atoms with Crippen LogP contribution in [0.3, 0.4) is 0 Å². The van der Waals surface area contributed by atoms with E-state index in [0.717, 1.165) is 25.9 Å². The van der Waals surface area contributed by atoms with Gasteiger partial charge in [0.05, 0.1) is 0 Å². The van der Waals surface area contributed by atoms with E-state index >= 15 is 0 Å². The lowest BCUT2D eigenvalue weighted by atomic mass is 9.90. The number of nitrogens with one attached hydrogen (secondary N) is 1. The fraction of sp³-hybridized carbons (Fsp3) is 0.222. The molecule has 0 spiro atoms. The van der Waals surface area contributed by atoms with Crippen molar-refractivity contribution in [2.75, 3.05) is 13.1 Å². The molecule has 1 aliphatic carbocycles. The van der Waals surface area contributed by atoms with Crippen LogP contribution in [-0.4, -0.2) is 13.1 Å². The van der Waals surface area contributed by atoms with Gasteiger partial charge in [-0.2, -0.15) is 0 Å². The second-order valence-electron chi connectivity index (χ2n) is 5.37. The molecule has 0 atom stereocenters. The van der Waals surface area contributed by atoms with Gasteiger partial charge in [-0.1, -0.05) is 48.5 Å². The lowest BCUT2D eigenvalue weighted by Gasteiger charge is -2.22. The summed E-state index contributed by atoms with van der Waals surface area (Å²) >= 11 is 0. The molecule has 0 aromatic heterocycles. The van der Waals surface area contributed by atoms with E-state index in [-0.39, 0.29) is 0 Å². The molecule has 4 rings (SSSR count). The predicted octanol–water partition coefficient (Wildman–Crippen LogP) is 3.49. The molecule has 0 fully saturated rings. The maximum Gasteiger partial charge on any atom is 0.0214 e. The fourth-order valence-electron chi connectivity index (χ4n) is 3.38. The molecule has 2 aromatic carbocycles. The summed E-state index contributed by atoms with van der Waals surface area (Å²) in [5, 5.41) is 3.53.